The smallest absolute Gasteiger partial charge is 0.307 e. The quantitative estimate of drug-likeness (QED) is 0.839. The van der Waals surface area contributed by atoms with Crippen molar-refractivity contribution < 1.29 is 19.1 Å². The number of amides is 1. The van der Waals surface area contributed by atoms with Crippen molar-refractivity contribution in [1.29, 1.82) is 0 Å². The normalized spacial score (nSPS) is 29.3. The van der Waals surface area contributed by atoms with E-state index in [1.165, 1.54) is 12.1 Å². The van der Waals surface area contributed by atoms with Crippen LogP contribution in [0.3, 0.4) is 0 Å². The van der Waals surface area contributed by atoms with Gasteiger partial charge < -0.3 is 10.4 Å². The molecule has 0 aromatic heterocycles. The number of halogens is 1. The highest BCUT2D eigenvalue weighted by Crippen LogP contribution is 2.45. The van der Waals surface area contributed by atoms with Crippen molar-refractivity contribution in [3.05, 3.63) is 47.8 Å². The van der Waals surface area contributed by atoms with Crippen molar-refractivity contribution in [3.8, 4) is 0 Å². The summed E-state index contributed by atoms with van der Waals surface area (Å²) in [5.74, 6) is -2.66. The molecule has 3 aliphatic carbocycles. The van der Waals surface area contributed by atoms with Gasteiger partial charge >= 0.3 is 5.97 Å². The summed E-state index contributed by atoms with van der Waals surface area (Å²) in [5.41, 5.74) is 0.790. The van der Waals surface area contributed by atoms with Gasteiger partial charge in [0.25, 0.3) is 0 Å². The van der Waals surface area contributed by atoms with E-state index in [-0.39, 0.29) is 30.1 Å². The van der Waals surface area contributed by atoms with E-state index in [2.05, 4.69) is 5.32 Å². The Morgan fingerprint density at radius 2 is 1.68 bits per heavy atom. The number of aliphatic carboxylic acids is 1. The number of hydrogen-bond acceptors (Lipinski definition) is 2. The van der Waals surface area contributed by atoms with Crippen LogP contribution in [0, 0.1) is 29.5 Å². The van der Waals surface area contributed by atoms with Gasteiger partial charge in [-0.2, -0.15) is 0 Å². The summed E-state index contributed by atoms with van der Waals surface area (Å²) >= 11 is 0. The second-order valence-corrected chi connectivity index (χ2v) is 6.02. The number of carbonyl (C=O) groups excluding carboxylic acids is 1. The fourth-order valence-electron chi connectivity index (χ4n) is 3.60. The molecule has 4 unspecified atom stereocenters. The van der Waals surface area contributed by atoms with Crippen molar-refractivity contribution >= 4 is 11.9 Å². The standard InChI is InChI=1S/C17H18FNO3/c18-13-7-1-10(2-8-13)9-19-16(20)14-11-3-5-12(6-4-11)15(14)17(21)22/h1-3,5,7-8,11-12,14-15H,4,6,9H2,(H,19,20)(H,21,22). The molecule has 0 aliphatic heterocycles. The molecule has 2 N–H and O–H groups in total. The monoisotopic (exact) mass is 303 g/mol. The first kappa shape index (κ1) is 14.8. The van der Waals surface area contributed by atoms with Crippen LogP contribution in [-0.2, 0) is 16.1 Å². The van der Waals surface area contributed by atoms with Crippen LogP contribution in [0.5, 0.6) is 0 Å². The van der Waals surface area contributed by atoms with Gasteiger partial charge in [0.2, 0.25) is 5.91 Å². The SMILES string of the molecule is O=C(O)C1C2C=CC(CC2)C1C(=O)NCc1ccc(F)cc1. The second kappa shape index (κ2) is 5.91. The largest absolute Gasteiger partial charge is 0.481 e. The molecule has 4 nitrogen and oxygen atoms in total. The van der Waals surface area contributed by atoms with Crippen molar-refractivity contribution in [2.45, 2.75) is 19.4 Å². The Morgan fingerprint density at radius 3 is 2.23 bits per heavy atom. The average molecular weight is 303 g/mol. The van der Waals surface area contributed by atoms with E-state index < -0.39 is 17.8 Å². The zero-order valence-electron chi connectivity index (χ0n) is 12.0. The maximum Gasteiger partial charge on any atom is 0.307 e. The zero-order chi connectivity index (χ0) is 15.7. The number of hydrogen-bond donors (Lipinski definition) is 2. The minimum absolute atomic E-state index is 0.000632. The van der Waals surface area contributed by atoms with Crippen molar-refractivity contribution in [2.24, 2.45) is 23.7 Å². The van der Waals surface area contributed by atoms with E-state index in [4.69, 9.17) is 0 Å². The first-order valence-corrected chi connectivity index (χ1v) is 7.49. The lowest BCUT2D eigenvalue weighted by molar-refractivity contribution is -0.153. The maximum atomic E-state index is 12.9. The Balaban J connectivity index is 1.69. The first-order chi connectivity index (χ1) is 10.6. The lowest BCUT2D eigenvalue weighted by Gasteiger charge is -2.41. The van der Waals surface area contributed by atoms with E-state index in [0.29, 0.717) is 0 Å². The molecule has 1 aromatic carbocycles. The topological polar surface area (TPSA) is 66.4 Å². The molecule has 0 saturated heterocycles. The molecule has 4 rings (SSSR count). The number of benzene rings is 1. The summed E-state index contributed by atoms with van der Waals surface area (Å²) in [6, 6.07) is 5.90. The van der Waals surface area contributed by atoms with Crippen LogP contribution in [0.2, 0.25) is 0 Å². The summed E-state index contributed by atoms with van der Waals surface area (Å²) < 4.78 is 12.9. The van der Waals surface area contributed by atoms with Gasteiger partial charge in [0.05, 0.1) is 11.8 Å². The molecule has 0 spiro atoms. The van der Waals surface area contributed by atoms with Gasteiger partial charge in [0.1, 0.15) is 5.82 Å². The summed E-state index contributed by atoms with van der Waals surface area (Å²) in [5, 5.41) is 12.2. The van der Waals surface area contributed by atoms with Crippen LogP contribution in [0.25, 0.3) is 0 Å². The Hall–Kier alpha value is -2.17. The summed E-state index contributed by atoms with van der Waals surface area (Å²) in [4.78, 5) is 24.0. The molecule has 1 amide bonds. The predicted molar refractivity (Wildman–Crippen MR) is 78.2 cm³/mol. The molecular weight excluding hydrogens is 285 g/mol. The van der Waals surface area contributed by atoms with Crippen LogP contribution in [0.4, 0.5) is 4.39 Å². The number of allylic oxidation sites excluding steroid dienone is 2. The van der Waals surface area contributed by atoms with E-state index >= 15 is 0 Å². The van der Waals surface area contributed by atoms with Crippen LogP contribution < -0.4 is 5.32 Å². The zero-order valence-corrected chi connectivity index (χ0v) is 12.0. The van der Waals surface area contributed by atoms with Gasteiger partial charge in [0.15, 0.2) is 0 Å². The highest BCUT2D eigenvalue weighted by molar-refractivity contribution is 5.86. The number of nitrogens with one attached hydrogen (secondary N) is 1. The number of fused-ring (bicyclic) bond motifs is 2. The van der Waals surface area contributed by atoms with Gasteiger partial charge in [-0.1, -0.05) is 24.3 Å². The van der Waals surface area contributed by atoms with Crippen LogP contribution in [-0.4, -0.2) is 17.0 Å². The molecule has 0 heterocycles. The molecular formula is C17H18FNO3. The maximum absolute atomic E-state index is 12.9. The van der Waals surface area contributed by atoms with Crippen LogP contribution in [0.1, 0.15) is 18.4 Å². The van der Waals surface area contributed by atoms with Crippen molar-refractivity contribution in [1.82, 2.24) is 5.32 Å². The van der Waals surface area contributed by atoms with E-state index in [1.54, 1.807) is 12.1 Å². The van der Waals surface area contributed by atoms with Gasteiger partial charge in [-0.15, -0.1) is 0 Å². The van der Waals surface area contributed by atoms with E-state index in [1.807, 2.05) is 12.2 Å². The molecule has 2 bridgehead atoms. The Bertz CT molecular complexity index is 611. The molecule has 3 aliphatic rings. The molecule has 1 fully saturated rings. The van der Waals surface area contributed by atoms with E-state index in [9.17, 15) is 19.1 Å². The Morgan fingerprint density at radius 1 is 1.09 bits per heavy atom. The fraction of sp³-hybridized carbons (Fsp3) is 0.412. The molecule has 4 atom stereocenters. The highest BCUT2D eigenvalue weighted by Gasteiger charge is 2.47. The van der Waals surface area contributed by atoms with Gasteiger partial charge in [0, 0.05) is 6.54 Å². The van der Waals surface area contributed by atoms with Gasteiger partial charge in [-0.05, 0) is 42.4 Å². The Kier molecular flexibility index (Phi) is 3.96. The summed E-state index contributed by atoms with van der Waals surface area (Å²) in [6.07, 6.45) is 5.62. The lowest BCUT2D eigenvalue weighted by Crippen LogP contribution is -2.48. The highest BCUT2D eigenvalue weighted by atomic mass is 19.1. The number of rotatable bonds is 4. The minimum atomic E-state index is -0.902. The second-order valence-electron chi connectivity index (χ2n) is 6.02. The van der Waals surface area contributed by atoms with Gasteiger partial charge in [-0.25, -0.2) is 4.39 Å². The van der Waals surface area contributed by atoms with Crippen molar-refractivity contribution in [3.63, 3.8) is 0 Å². The third-order valence-corrected chi connectivity index (χ3v) is 4.72. The lowest BCUT2D eigenvalue weighted by atomic mass is 9.62. The number of carboxylic acid groups (broad SMARTS) is 1. The van der Waals surface area contributed by atoms with Crippen molar-refractivity contribution in [2.75, 3.05) is 0 Å². The number of carboxylic acids is 1. The average Bonchev–Trinajstić information content (AvgIpc) is 2.54. The molecule has 1 saturated carbocycles. The molecule has 116 valence electrons. The molecule has 0 radical (unpaired) electrons. The summed E-state index contributed by atoms with van der Waals surface area (Å²) in [6.45, 7) is 0.281. The van der Waals surface area contributed by atoms with Crippen LogP contribution in [0.15, 0.2) is 36.4 Å². The molecule has 22 heavy (non-hydrogen) atoms. The fourth-order valence-corrected chi connectivity index (χ4v) is 3.60. The third-order valence-electron chi connectivity index (χ3n) is 4.72. The summed E-state index contributed by atoms with van der Waals surface area (Å²) in [7, 11) is 0. The molecule has 5 heteroatoms. The third kappa shape index (κ3) is 2.75. The van der Waals surface area contributed by atoms with E-state index in [0.717, 1.165) is 18.4 Å². The Labute approximate surface area is 128 Å². The molecule has 1 aromatic rings. The minimum Gasteiger partial charge on any atom is -0.481 e. The predicted octanol–water partition coefficient (Wildman–Crippen LogP) is 2.35. The van der Waals surface area contributed by atoms with Gasteiger partial charge in [-0.3, -0.25) is 9.59 Å². The number of carbonyl (C=O) groups is 2. The van der Waals surface area contributed by atoms with Crippen LogP contribution >= 0.6 is 0 Å². The first-order valence-electron chi connectivity index (χ1n) is 7.49.